The lowest BCUT2D eigenvalue weighted by atomic mass is 9.73. The number of halogens is 4. The summed E-state index contributed by atoms with van der Waals surface area (Å²) in [5, 5.41) is 11.9. The van der Waals surface area contributed by atoms with Gasteiger partial charge in [0.25, 0.3) is 0 Å². The van der Waals surface area contributed by atoms with Gasteiger partial charge in [-0.3, -0.25) is 0 Å². The molecule has 0 radical (unpaired) electrons. The molecule has 3 heterocycles. The van der Waals surface area contributed by atoms with E-state index >= 15 is 0 Å². The van der Waals surface area contributed by atoms with Crippen LogP contribution >= 0.6 is 23.4 Å². The fourth-order valence-electron chi connectivity index (χ4n) is 4.46. The summed E-state index contributed by atoms with van der Waals surface area (Å²) >= 11 is 7.42. The van der Waals surface area contributed by atoms with Gasteiger partial charge in [-0.25, -0.2) is 4.98 Å². The molecule has 32 heavy (non-hydrogen) atoms. The van der Waals surface area contributed by atoms with E-state index in [-0.39, 0.29) is 10.8 Å². The number of hydrogen-bond acceptors (Lipinski definition) is 4. The number of nitrogens with one attached hydrogen (secondary N) is 1. The Morgan fingerprint density at radius 2 is 1.97 bits per heavy atom. The lowest BCUT2D eigenvalue weighted by Crippen LogP contribution is -2.51. The van der Waals surface area contributed by atoms with Crippen molar-refractivity contribution in [2.24, 2.45) is 0 Å². The van der Waals surface area contributed by atoms with E-state index in [0.29, 0.717) is 28.8 Å². The van der Waals surface area contributed by atoms with Gasteiger partial charge in [0.15, 0.2) is 5.60 Å². The zero-order chi connectivity index (χ0) is 23.3. The van der Waals surface area contributed by atoms with Gasteiger partial charge in [-0.15, -0.1) is 11.8 Å². The van der Waals surface area contributed by atoms with Gasteiger partial charge in [0.05, 0.1) is 18.3 Å². The van der Waals surface area contributed by atoms with E-state index in [1.54, 1.807) is 26.0 Å². The molecule has 1 aliphatic heterocycles. The molecule has 0 saturated heterocycles. The van der Waals surface area contributed by atoms with Crippen molar-refractivity contribution in [3.63, 3.8) is 0 Å². The maximum absolute atomic E-state index is 14.2. The molecular formula is C23H24ClF3N2O2S. The highest BCUT2D eigenvalue weighted by atomic mass is 35.5. The van der Waals surface area contributed by atoms with Crippen LogP contribution in [0.25, 0.3) is 10.9 Å². The summed E-state index contributed by atoms with van der Waals surface area (Å²) in [6.45, 7) is 3.95. The number of rotatable bonds is 6. The molecule has 9 heteroatoms. The summed E-state index contributed by atoms with van der Waals surface area (Å²) in [6, 6.07) is 7.04. The van der Waals surface area contributed by atoms with Crippen molar-refractivity contribution in [3.8, 4) is 5.75 Å². The van der Waals surface area contributed by atoms with Gasteiger partial charge in [0.2, 0.25) is 0 Å². The SMILES string of the molecule is CSc1cc2c(c(C(C)(C)CC(O)(Cc3cc4cc(Cl)ncc4[nH]3)C(F)(F)F)c1)OCC2. The summed E-state index contributed by atoms with van der Waals surface area (Å²) in [4.78, 5) is 7.84. The molecule has 0 saturated carbocycles. The zero-order valence-electron chi connectivity index (χ0n) is 17.9. The largest absolute Gasteiger partial charge is 0.493 e. The molecule has 4 nitrogen and oxygen atoms in total. The lowest BCUT2D eigenvalue weighted by molar-refractivity contribution is -0.266. The molecule has 1 unspecified atom stereocenters. The summed E-state index contributed by atoms with van der Waals surface area (Å²) in [5.41, 5.74) is -1.44. The Kier molecular flexibility index (Phi) is 5.92. The van der Waals surface area contributed by atoms with Gasteiger partial charge in [-0.1, -0.05) is 25.4 Å². The number of aromatic amines is 1. The van der Waals surface area contributed by atoms with Crippen LogP contribution in [-0.4, -0.2) is 39.7 Å². The summed E-state index contributed by atoms with van der Waals surface area (Å²) < 4.78 is 48.5. The Labute approximate surface area is 193 Å². The summed E-state index contributed by atoms with van der Waals surface area (Å²) in [7, 11) is 0. The van der Waals surface area contributed by atoms with E-state index in [0.717, 1.165) is 16.9 Å². The minimum absolute atomic E-state index is 0.248. The molecular weight excluding hydrogens is 461 g/mol. The predicted molar refractivity (Wildman–Crippen MR) is 121 cm³/mol. The molecule has 1 aromatic carbocycles. The van der Waals surface area contributed by atoms with Crippen LogP contribution in [0.1, 0.15) is 37.1 Å². The summed E-state index contributed by atoms with van der Waals surface area (Å²) in [6.07, 6.45) is -1.85. The van der Waals surface area contributed by atoms with Crippen LogP contribution in [0.3, 0.4) is 0 Å². The normalized spacial score (nSPS) is 16.1. The molecule has 0 fully saturated rings. The van der Waals surface area contributed by atoms with Crippen LogP contribution < -0.4 is 4.74 Å². The number of aliphatic hydroxyl groups is 1. The number of H-pyrrole nitrogens is 1. The standard InChI is InChI=1S/C23H24ClF3N2O2S/c1-21(2,17-9-16(32-3)7-13-4-5-31-20(13)17)12-22(30,23(25,26)27)10-15-6-14-8-19(24)28-11-18(14)29-15/h6-9,11,29-30H,4-5,10,12H2,1-3H3. The van der Waals surface area contributed by atoms with Gasteiger partial charge in [-0.05, 0) is 47.9 Å². The third-order valence-electron chi connectivity index (χ3n) is 5.99. The van der Waals surface area contributed by atoms with Crippen molar-refractivity contribution in [2.45, 2.75) is 55.2 Å². The van der Waals surface area contributed by atoms with Crippen LogP contribution in [-0.2, 0) is 18.3 Å². The van der Waals surface area contributed by atoms with E-state index in [2.05, 4.69) is 9.97 Å². The second-order valence-corrected chi connectivity index (χ2v) is 10.2. The Balaban J connectivity index is 1.71. The van der Waals surface area contributed by atoms with Crippen molar-refractivity contribution in [1.82, 2.24) is 9.97 Å². The predicted octanol–water partition coefficient (Wildman–Crippen LogP) is 6.08. The molecule has 0 amide bonds. The number of thioether (sulfide) groups is 1. The monoisotopic (exact) mass is 484 g/mol. The highest BCUT2D eigenvalue weighted by Gasteiger charge is 2.56. The third-order valence-corrected chi connectivity index (χ3v) is 6.91. The Morgan fingerprint density at radius 3 is 2.66 bits per heavy atom. The number of ether oxygens (including phenoxy) is 1. The number of benzene rings is 1. The van der Waals surface area contributed by atoms with Crippen molar-refractivity contribution < 1.29 is 23.0 Å². The molecule has 0 aliphatic carbocycles. The maximum atomic E-state index is 14.2. The average molecular weight is 485 g/mol. The van der Waals surface area contributed by atoms with Gasteiger partial charge in [-0.2, -0.15) is 13.2 Å². The van der Waals surface area contributed by atoms with Crippen molar-refractivity contribution >= 4 is 34.3 Å². The number of aromatic nitrogens is 2. The minimum Gasteiger partial charge on any atom is -0.493 e. The number of hydrogen-bond donors (Lipinski definition) is 2. The molecule has 172 valence electrons. The number of alkyl halides is 3. The van der Waals surface area contributed by atoms with Gasteiger partial charge < -0.3 is 14.8 Å². The maximum Gasteiger partial charge on any atom is 0.417 e. The molecule has 0 spiro atoms. The molecule has 2 aromatic heterocycles. The van der Waals surface area contributed by atoms with E-state index in [9.17, 15) is 18.3 Å². The fraction of sp³-hybridized carbons (Fsp3) is 0.435. The van der Waals surface area contributed by atoms with Crippen LogP contribution in [0.5, 0.6) is 5.75 Å². The quantitative estimate of drug-likeness (QED) is 0.329. The number of pyridine rings is 1. The van der Waals surface area contributed by atoms with E-state index in [1.165, 1.54) is 18.0 Å². The third kappa shape index (κ3) is 4.32. The highest BCUT2D eigenvalue weighted by Crippen LogP contribution is 2.47. The van der Waals surface area contributed by atoms with Gasteiger partial charge >= 0.3 is 6.18 Å². The topological polar surface area (TPSA) is 58.1 Å². The first-order valence-corrected chi connectivity index (χ1v) is 11.8. The molecule has 4 rings (SSSR count). The Morgan fingerprint density at radius 1 is 1.22 bits per heavy atom. The molecule has 1 aliphatic rings. The van der Waals surface area contributed by atoms with E-state index in [4.69, 9.17) is 16.3 Å². The summed E-state index contributed by atoms with van der Waals surface area (Å²) in [5.74, 6) is 0.642. The zero-order valence-corrected chi connectivity index (χ0v) is 19.5. The lowest BCUT2D eigenvalue weighted by Gasteiger charge is -2.38. The number of fused-ring (bicyclic) bond motifs is 2. The first kappa shape index (κ1) is 23.3. The Hall–Kier alpha value is -1.90. The second kappa shape index (κ2) is 8.15. The van der Waals surface area contributed by atoms with Gasteiger partial charge in [0.1, 0.15) is 10.9 Å². The second-order valence-electron chi connectivity index (χ2n) is 8.92. The van der Waals surface area contributed by atoms with Gasteiger partial charge in [0, 0.05) is 34.4 Å². The molecule has 3 aromatic rings. The van der Waals surface area contributed by atoms with Crippen LogP contribution in [0.2, 0.25) is 5.15 Å². The number of nitrogens with zero attached hydrogens (tertiary/aromatic N) is 1. The smallest absolute Gasteiger partial charge is 0.417 e. The Bertz CT molecular complexity index is 1160. The highest BCUT2D eigenvalue weighted by molar-refractivity contribution is 7.98. The van der Waals surface area contributed by atoms with Crippen LogP contribution in [0.4, 0.5) is 13.2 Å². The first-order chi connectivity index (χ1) is 14.9. The first-order valence-electron chi connectivity index (χ1n) is 10.2. The van der Waals surface area contributed by atoms with Crippen LogP contribution in [0.15, 0.2) is 35.4 Å². The minimum atomic E-state index is -4.83. The van der Waals surface area contributed by atoms with Crippen molar-refractivity contribution in [1.29, 1.82) is 0 Å². The van der Waals surface area contributed by atoms with Crippen molar-refractivity contribution in [2.75, 3.05) is 12.9 Å². The molecule has 2 N–H and O–H groups in total. The fourth-order valence-corrected chi connectivity index (χ4v) is 5.13. The van der Waals surface area contributed by atoms with E-state index in [1.807, 2.05) is 18.4 Å². The molecule has 0 bridgehead atoms. The molecule has 1 atom stereocenters. The van der Waals surface area contributed by atoms with Crippen LogP contribution in [0, 0.1) is 0 Å². The van der Waals surface area contributed by atoms with E-state index < -0.39 is 30.0 Å². The van der Waals surface area contributed by atoms with Crippen molar-refractivity contribution in [3.05, 3.63) is 52.4 Å². The average Bonchev–Trinajstić information content (AvgIpc) is 3.31.